The van der Waals surface area contributed by atoms with Crippen LogP contribution in [0, 0.1) is 18.3 Å². The first kappa shape index (κ1) is 18.0. The molecule has 2 rings (SSSR count). The average molecular weight is 317 g/mol. The minimum absolute atomic E-state index is 0. The molecule has 3 nitrogen and oxygen atoms in total. The molecule has 0 aliphatic rings. The molecule has 0 saturated carbocycles. The van der Waals surface area contributed by atoms with Crippen molar-refractivity contribution in [3.05, 3.63) is 65.2 Å². The van der Waals surface area contributed by atoms with E-state index in [9.17, 15) is 5.26 Å². The van der Waals surface area contributed by atoms with Gasteiger partial charge in [0.25, 0.3) is 0 Å². The molecule has 0 spiro atoms. The Bertz CT molecular complexity index is 634. The molecule has 116 valence electrons. The number of methoxy groups -OCH3 is 1. The van der Waals surface area contributed by atoms with Crippen molar-refractivity contribution in [2.24, 2.45) is 0 Å². The molecule has 2 aromatic carbocycles. The molecule has 0 amide bonds. The third-order valence-corrected chi connectivity index (χ3v) is 3.66. The van der Waals surface area contributed by atoms with Gasteiger partial charge in [-0.15, -0.1) is 12.4 Å². The molecule has 22 heavy (non-hydrogen) atoms. The van der Waals surface area contributed by atoms with Crippen LogP contribution >= 0.6 is 12.4 Å². The highest BCUT2D eigenvalue weighted by atomic mass is 35.5. The Labute approximate surface area is 138 Å². The maximum atomic E-state index is 9.45. The van der Waals surface area contributed by atoms with Gasteiger partial charge >= 0.3 is 0 Å². The summed E-state index contributed by atoms with van der Waals surface area (Å²) in [5, 5.41) is 12.8. The summed E-state index contributed by atoms with van der Waals surface area (Å²) in [5.74, 6) is 0.835. The normalized spacial score (nSPS) is 12.6. The van der Waals surface area contributed by atoms with Gasteiger partial charge in [-0.25, -0.2) is 0 Å². The van der Waals surface area contributed by atoms with Crippen molar-refractivity contribution < 1.29 is 4.74 Å². The fourth-order valence-corrected chi connectivity index (χ4v) is 2.35. The van der Waals surface area contributed by atoms with Crippen LogP contribution in [0.15, 0.2) is 48.5 Å². The summed E-state index contributed by atoms with van der Waals surface area (Å²) >= 11 is 0. The van der Waals surface area contributed by atoms with Crippen molar-refractivity contribution in [1.82, 2.24) is 5.32 Å². The van der Waals surface area contributed by atoms with Gasteiger partial charge in [-0.3, -0.25) is 5.32 Å². The Morgan fingerprint density at radius 2 is 1.73 bits per heavy atom. The topological polar surface area (TPSA) is 45.0 Å². The van der Waals surface area contributed by atoms with E-state index in [0.717, 1.165) is 22.4 Å². The van der Waals surface area contributed by atoms with Gasteiger partial charge in [-0.2, -0.15) is 5.26 Å². The molecule has 0 aromatic heterocycles. The Morgan fingerprint density at radius 1 is 1.09 bits per heavy atom. The third-order valence-electron chi connectivity index (χ3n) is 3.66. The largest absolute Gasteiger partial charge is 0.497 e. The van der Waals surface area contributed by atoms with E-state index in [1.54, 1.807) is 7.11 Å². The Hall–Kier alpha value is -2.02. The molecule has 0 heterocycles. The zero-order valence-corrected chi connectivity index (χ0v) is 13.9. The minimum atomic E-state index is -0.316. The van der Waals surface area contributed by atoms with Crippen LogP contribution in [0.2, 0.25) is 0 Å². The number of benzene rings is 2. The number of nitrogens with one attached hydrogen (secondary N) is 1. The molecule has 1 N–H and O–H groups in total. The third kappa shape index (κ3) is 4.24. The Kier molecular flexibility index (Phi) is 6.91. The Balaban J connectivity index is 0.00000242. The highest BCUT2D eigenvalue weighted by Gasteiger charge is 2.16. The van der Waals surface area contributed by atoms with E-state index in [1.807, 2.05) is 55.5 Å². The zero-order chi connectivity index (χ0) is 15.2. The smallest absolute Gasteiger partial charge is 0.122 e. The summed E-state index contributed by atoms with van der Waals surface area (Å²) in [4.78, 5) is 0. The summed E-state index contributed by atoms with van der Waals surface area (Å²) in [6.45, 7) is 4.09. The van der Waals surface area contributed by atoms with Crippen molar-refractivity contribution in [2.45, 2.75) is 25.9 Å². The molecule has 0 saturated heterocycles. The van der Waals surface area contributed by atoms with Crippen LogP contribution < -0.4 is 10.1 Å². The second-order valence-corrected chi connectivity index (χ2v) is 5.08. The minimum Gasteiger partial charge on any atom is -0.497 e. The monoisotopic (exact) mass is 316 g/mol. The number of hydrogen-bond acceptors (Lipinski definition) is 3. The van der Waals surface area contributed by atoms with Crippen LogP contribution in [0.3, 0.4) is 0 Å². The maximum absolute atomic E-state index is 9.45. The molecule has 0 bridgehead atoms. The van der Waals surface area contributed by atoms with Crippen LogP contribution in [-0.2, 0) is 0 Å². The molecule has 2 aromatic rings. The fraction of sp³-hybridized carbons (Fsp3) is 0.278. The lowest BCUT2D eigenvalue weighted by Gasteiger charge is -2.20. The molecule has 2 atom stereocenters. The second-order valence-electron chi connectivity index (χ2n) is 5.08. The van der Waals surface area contributed by atoms with Crippen molar-refractivity contribution in [2.75, 3.05) is 7.11 Å². The molecule has 0 radical (unpaired) electrons. The second kappa shape index (κ2) is 8.43. The molecule has 0 aliphatic carbocycles. The first-order valence-electron chi connectivity index (χ1n) is 7.01. The SMILES string of the molecule is COc1ccc([C@@H](C)N[C@@H](C#N)c2ccccc2C)cc1.Cl. The summed E-state index contributed by atoms with van der Waals surface area (Å²) in [7, 11) is 1.65. The first-order chi connectivity index (χ1) is 10.2. The number of aryl methyl sites for hydroxylation is 1. The van der Waals surface area contributed by atoms with Gasteiger partial charge in [0.1, 0.15) is 11.8 Å². The summed E-state index contributed by atoms with van der Waals surface area (Å²) in [6.07, 6.45) is 0. The fourth-order valence-electron chi connectivity index (χ4n) is 2.35. The average Bonchev–Trinajstić information content (AvgIpc) is 2.53. The lowest BCUT2D eigenvalue weighted by atomic mass is 10.00. The summed E-state index contributed by atoms with van der Waals surface area (Å²) in [5.41, 5.74) is 3.28. The van der Waals surface area contributed by atoms with Gasteiger partial charge in [0.05, 0.1) is 13.2 Å². The highest BCUT2D eigenvalue weighted by molar-refractivity contribution is 5.85. The Morgan fingerprint density at radius 3 is 2.27 bits per heavy atom. The van der Waals surface area contributed by atoms with Crippen molar-refractivity contribution in [1.29, 1.82) is 5.26 Å². The van der Waals surface area contributed by atoms with Gasteiger partial charge in [0.15, 0.2) is 0 Å². The van der Waals surface area contributed by atoms with E-state index in [4.69, 9.17) is 4.74 Å². The van der Waals surface area contributed by atoms with E-state index in [1.165, 1.54) is 0 Å². The van der Waals surface area contributed by atoms with Crippen LogP contribution in [0.1, 0.15) is 35.7 Å². The molecule has 0 unspecified atom stereocenters. The van der Waals surface area contributed by atoms with Crippen LogP contribution in [-0.4, -0.2) is 7.11 Å². The predicted molar refractivity (Wildman–Crippen MR) is 91.3 cm³/mol. The van der Waals surface area contributed by atoms with Crippen LogP contribution in [0.4, 0.5) is 0 Å². The van der Waals surface area contributed by atoms with Gasteiger partial charge in [0, 0.05) is 6.04 Å². The molecule has 0 fully saturated rings. The van der Waals surface area contributed by atoms with Crippen LogP contribution in [0.5, 0.6) is 5.75 Å². The summed E-state index contributed by atoms with van der Waals surface area (Å²) < 4.78 is 5.16. The number of nitriles is 1. The zero-order valence-electron chi connectivity index (χ0n) is 13.0. The van der Waals surface area contributed by atoms with Crippen molar-refractivity contribution in [3.8, 4) is 11.8 Å². The number of hydrogen-bond donors (Lipinski definition) is 1. The first-order valence-corrected chi connectivity index (χ1v) is 7.01. The standard InChI is InChI=1S/C18H20N2O.ClH/c1-13-6-4-5-7-17(13)18(12-19)20-14(2)15-8-10-16(21-3)11-9-15;/h4-11,14,18,20H,1-3H3;1H/t14-,18+;/m1./s1. The van der Waals surface area contributed by atoms with E-state index < -0.39 is 0 Å². The summed E-state index contributed by atoms with van der Waals surface area (Å²) in [6, 6.07) is 18.0. The lowest BCUT2D eigenvalue weighted by Crippen LogP contribution is -2.24. The van der Waals surface area contributed by atoms with Gasteiger partial charge in [-0.1, -0.05) is 36.4 Å². The van der Waals surface area contributed by atoms with Gasteiger partial charge in [0.2, 0.25) is 0 Å². The predicted octanol–water partition coefficient (Wildman–Crippen LogP) is 4.34. The molecular formula is C18H21ClN2O. The maximum Gasteiger partial charge on any atom is 0.122 e. The lowest BCUT2D eigenvalue weighted by molar-refractivity contribution is 0.414. The van der Waals surface area contributed by atoms with Gasteiger partial charge < -0.3 is 4.74 Å². The highest BCUT2D eigenvalue weighted by Crippen LogP contribution is 2.23. The number of ether oxygens (including phenoxy) is 1. The van der Waals surface area contributed by atoms with E-state index in [-0.39, 0.29) is 24.5 Å². The van der Waals surface area contributed by atoms with E-state index in [2.05, 4.69) is 18.3 Å². The molecule has 0 aliphatic heterocycles. The molecular weight excluding hydrogens is 296 g/mol. The van der Waals surface area contributed by atoms with Crippen LogP contribution in [0.25, 0.3) is 0 Å². The molecule has 4 heteroatoms. The van der Waals surface area contributed by atoms with Crippen molar-refractivity contribution >= 4 is 12.4 Å². The number of rotatable bonds is 5. The van der Waals surface area contributed by atoms with Gasteiger partial charge in [-0.05, 0) is 42.7 Å². The van der Waals surface area contributed by atoms with E-state index in [0.29, 0.717) is 0 Å². The van der Waals surface area contributed by atoms with E-state index >= 15 is 0 Å². The number of nitrogens with zero attached hydrogens (tertiary/aromatic N) is 1. The number of halogens is 1. The van der Waals surface area contributed by atoms with Crippen molar-refractivity contribution in [3.63, 3.8) is 0 Å². The quantitative estimate of drug-likeness (QED) is 0.892.